The van der Waals surface area contributed by atoms with Gasteiger partial charge in [0.15, 0.2) is 5.75 Å². The average molecular weight is 271 g/mol. The lowest BCUT2D eigenvalue weighted by Crippen LogP contribution is -1.83. The zero-order valence-electron chi connectivity index (χ0n) is 11.9. The number of aliphatic imine (C=N–C) groups is 2. The van der Waals surface area contributed by atoms with Crippen molar-refractivity contribution in [2.45, 2.75) is 41.0 Å². The summed E-state index contributed by atoms with van der Waals surface area (Å²) >= 11 is 5.81. The normalized spacial score (nSPS) is 8.33. The predicted octanol–water partition coefficient (Wildman–Crippen LogP) is 5.32. The minimum atomic E-state index is -0.0960. The summed E-state index contributed by atoms with van der Waals surface area (Å²) in [6.07, 6.45) is 0.747. The Bertz CT molecular complexity index is 390. The van der Waals surface area contributed by atoms with Gasteiger partial charge in [0.05, 0.1) is 10.7 Å². The standard InChI is InChI=1S/C10H11ClN2O.2C2H6/c1-4-6-5-7(11)10(14)9(13-3)8(6)12-2;2*1-2/h5,14H,2-4H2,1H3;2*1-2H3. The molecular weight excluding hydrogens is 248 g/mol. The van der Waals surface area contributed by atoms with Crippen molar-refractivity contribution in [3.8, 4) is 5.75 Å². The molecule has 0 saturated carbocycles. The Balaban J connectivity index is 0. The Hall–Kier alpha value is -1.35. The Kier molecular flexibility index (Phi) is 11.4. The van der Waals surface area contributed by atoms with Gasteiger partial charge in [-0.25, -0.2) is 0 Å². The molecule has 0 heterocycles. The molecule has 0 aliphatic carbocycles. The van der Waals surface area contributed by atoms with Crippen molar-refractivity contribution in [1.29, 1.82) is 0 Å². The molecule has 1 N–H and O–H groups in total. The highest BCUT2D eigenvalue weighted by Gasteiger charge is 2.13. The van der Waals surface area contributed by atoms with Gasteiger partial charge >= 0.3 is 0 Å². The first-order valence-corrected chi connectivity index (χ1v) is 6.51. The second-order valence-corrected chi connectivity index (χ2v) is 3.14. The van der Waals surface area contributed by atoms with E-state index in [-0.39, 0.29) is 10.8 Å². The van der Waals surface area contributed by atoms with E-state index in [0.29, 0.717) is 11.4 Å². The first-order chi connectivity index (χ1) is 8.65. The number of phenolic OH excluding ortho intramolecular Hbond substituents is 1. The number of benzene rings is 1. The maximum Gasteiger partial charge on any atom is 0.162 e. The van der Waals surface area contributed by atoms with Gasteiger partial charge in [-0.05, 0) is 31.5 Å². The Morgan fingerprint density at radius 2 is 1.56 bits per heavy atom. The van der Waals surface area contributed by atoms with Gasteiger partial charge in [0.2, 0.25) is 0 Å². The SMILES string of the molecule is C=Nc1c(CC)cc(Cl)c(O)c1N=C.CC.CC. The molecule has 0 saturated heterocycles. The molecule has 1 aromatic carbocycles. The summed E-state index contributed by atoms with van der Waals surface area (Å²) in [4.78, 5) is 7.50. The number of phenols is 1. The van der Waals surface area contributed by atoms with Crippen LogP contribution in [0.25, 0.3) is 0 Å². The summed E-state index contributed by atoms with van der Waals surface area (Å²) in [7, 11) is 0. The van der Waals surface area contributed by atoms with Crippen LogP contribution in [-0.2, 0) is 6.42 Å². The number of rotatable bonds is 3. The quantitative estimate of drug-likeness (QED) is 0.742. The molecular formula is C14H23ClN2O. The third-order valence-corrected chi connectivity index (χ3v) is 2.27. The number of nitrogens with zero attached hydrogens (tertiary/aromatic N) is 2. The third kappa shape index (κ3) is 4.49. The summed E-state index contributed by atoms with van der Waals surface area (Å²) in [6.45, 7) is 16.7. The molecule has 0 bridgehead atoms. The average Bonchev–Trinajstić information content (AvgIpc) is 2.45. The van der Waals surface area contributed by atoms with E-state index in [1.54, 1.807) is 6.07 Å². The summed E-state index contributed by atoms with van der Waals surface area (Å²) in [5, 5.41) is 9.84. The van der Waals surface area contributed by atoms with E-state index in [0.717, 1.165) is 12.0 Å². The van der Waals surface area contributed by atoms with Crippen molar-refractivity contribution in [3.05, 3.63) is 16.7 Å². The third-order valence-electron chi connectivity index (χ3n) is 1.98. The van der Waals surface area contributed by atoms with E-state index < -0.39 is 0 Å². The predicted molar refractivity (Wildman–Crippen MR) is 83.6 cm³/mol. The summed E-state index contributed by atoms with van der Waals surface area (Å²) < 4.78 is 0. The van der Waals surface area contributed by atoms with Crippen molar-refractivity contribution in [2.75, 3.05) is 0 Å². The lowest BCUT2D eigenvalue weighted by Gasteiger charge is -2.09. The van der Waals surface area contributed by atoms with Crippen LogP contribution in [0.1, 0.15) is 40.2 Å². The molecule has 0 aliphatic heterocycles. The molecule has 18 heavy (non-hydrogen) atoms. The number of hydrogen-bond donors (Lipinski definition) is 1. The van der Waals surface area contributed by atoms with E-state index >= 15 is 0 Å². The second kappa shape index (κ2) is 10.8. The highest BCUT2D eigenvalue weighted by atomic mass is 35.5. The van der Waals surface area contributed by atoms with Crippen LogP contribution in [0.5, 0.6) is 5.75 Å². The van der Waals surface area contributed by atoms with Crippen molar-refractivity contribution >= 4 is 36.4 Å². The van der Waals surface area contributed by atoms with Crippen LogP contribution in [0.2, 0.25) is 5.02 Å². The molecule has 0 fully saturated rings. The van der Waals surface area contributed by atoms with E-state index in [1.807, 2.05) is 34.6 Å². The second-order valence-electron chi connectivity index (χ2n) is 2.73. The first kappa shape index (κ1) is 19.0. The smallest absolute Gasteiger partial charge is 0.162 e. The molecule has 0 spiro atoms. The largest absolute Gasteiger partial charge is 0.504 e. The van der Waals surface area contributed by atoms with Gasteiger partial charge in [-0.2, -0.15) is 0 Å². The molecule has 0 aromatic heterocycles. The molecule has 0 atom stereocenters. The fourth-order valence-corrected chi connectivity index (χ4v) is 1.48. The van der Waals surface area contributed by atoms with Crippen molar-refractivity contribution in [1.82, 2.24) is 0 Å². The molecule has 102 valence electrons. The number of halogens is 1. The minimum Gasteiger partial charge on any atom is -0.504 e. The molecule has 1 rings (SSSR count). The maximum absolute atomic E-state index is 9.58. The summed E-state index contributed by atoms with van der Waals surface area (Å²) in [5.74, 6) is -0.0960. The maximum atomic E-state index is 9.58. The fourth-order valence-electron chi connectivity index (χ4n) is 1.26. The van der Waals surface area contributed by atoms with Crippen LogP contribution in [0, 0.1) is 0 Å². The van der Waals surface area contributed by atoms with Gasteiger partial charge < -0.3 is 5.11 Å². The highest BCUT2D eigenvalue weighted by molar-refractivity contribution is 6.32. The molecule has 0 unspecified atom stereocenters. The number of hydrogen-bond acceptors (Lipinski definition) is 3. The van der Waals surface area contributed by atoms with Crippen LogP contribution < -0.4 is 0 Å². The minimum absolute atomic E-state index is 0.0960. The Morgan fingerprint density at radius 1 is 1.11 bits per heavy atom. The van der Waals surface area contributed by atoms with Gasteiger partial charge in [0.25, 0.3) is 0 Å². The number of aromatic hydroxyl groups is 1. The van der Waals surface area contributed by atoms with E-state index in [4.69, 9.17) is 11.6 Å². The summed E-state index contributed by atoms with van der Waals surface area (Å²) in [6, 6.07) is 1.66. The Labute approximate surface area is 115 Å². The fraction of sp³-hybridized carbons (Fsp3) is 0.429. The van der Waals surface area contributed by atoms with Crippen LogP contribution in [-0.4, -0.2) is 18.5 Å². The van der Waals surface area contributed by atoms with Crippen LogP contribution in [0.15, 0.2) is 16.1 Å². The summed E-state index contributed by atoms with van der Waals surface area (Å²) in [5.41, 5.74) is 1.74. The topological polar surface area (TPSA) is 45.0 Å². The van der Waals surface area contributed by atoms with E-state index in [9.17, 15) is 5.11 Å². The highest BCUT2D eigenvalue weighted by Crippen LogP contribution is 2.44. The van der Waals surface area contributed by atoms with Crippen LogP contribution >= 0.6 is 11.6 Å². The van der Waals surface area contributed by atoms with Crippen molar-refractivity contribution in [2.24, 2.45) is 9.98 Å². The van der Waals surface area contributed by atoms with Gasteiger partial charge in [-0.15, -0.1) is 0 Å². The lowest BCUT2D eigenvalue weighted by atomic mass is 10.1. The van der Waals surface area contributed by atoms with Gasteiger partial charge in [-0.3, -0.25) is 9.98 Å². The van der Waals surface area contributed by atoms with E-state index in [2.05, 4.69) is 23.4 Å². The molecule has 1 aromatic rings. The number of aryl methyl sites for hydroxylation is 1. The van der Waals surface area contributed by atoms with Crippen molar-refractivity contribution < 1.29 is 5.11 Å². The molecule has 0 aliphatic rings. The molecule has 0 amide bonds. The van der Waals surface area contributed by atoms with Crippen molar-refractivity contribution in [3.63, 3.8) is 0 Å². The zero-order valence-corrected chi connectivity index (χ0v) is 12.7. The van der Waals surface area contributed by atoms with Gasteiger partial charge in [0.1, 0.15) is 5.69 Å². The monoisotopic (exact) mass is 270 g/mol. The van der Waals surface area contributed by atoms with Gasteiger partial charge in [0, 0.05) is 0 Å². The Morgan fingerprint density at radius 3 is 1.89 bits per heavy atom. The first-order valence-electron chi connectivity index (χ1n) is 6.13. The molecule has 3 nitrogen and oxygen atoms in total. The lowest BCUT2D eigenvalue weighted by molar-refractivity contribution is 0.477. The molecule has 4 heteroatoms. The van der Waals surface area contributed by atoms with Crippen LogP contribution in [0.4, 0.5) is 11.4 Å². The zero-order chi connectivity index (χ0) is 14.7. The van der Waals surface area contributed by atoms with Gasteiger partial charge in [-0.1, -0.05) is 46.2 Å². The van der Waals surface area contributed by atoms with Crippen LogP contribution in [0.3, 0.4) is 0 Å². The molecule has 0 radical (unpaired) electrons. The van der Waals surface area contributed by atoms with E-state index in [1.165, 1.54) is 0 Å².